The zero-order chi connectivity index (χ0) is 28.7. The monoisotopic (exact) mass is 612 g/mol. The Morgan fingerprint density at radius 3 is 1.88 bits per heavy atom. The van der Waals surface area contributed by atoms with Gasteiger partial charge in [-0.05, 0) is 61.8 Å². The first-order chi connectivity index (χ1) is 18.9. The van der Waals surface area contributed by atoms with E-state index < -0.39 is 18.3 Å². The van der Waals surface area contributed by atoms with Gasteiger partial charge < -0.3 is 18.1 Å². The summed E-state index contributed by atoms with van der Waals surface area (Å²) in [6, 6.07) is 8.33. The van der Waals surface area contributed by atoms with Crippen molar-refractivity contribution in [2.45, 2.75) is 38.9 Å². The van der Waals surface area contributed by atoms with Crippen molar-refractivity contribution in [3.8, 4) is 0 Å². The highest BCUT2D eigenvalue weighted by atomic mass is 79.9. The van der Waals surface area contributed by atoms with Crippen LogP contribution < -0.4 is 5.59 Å². The van der Waals surface area contributed by atoms with E-state index in [4.69, 9.17) is 9.31 Å². The van der Waals surface area contributed by atoms with Crippen molar-refractivity contribution in [1.82, 2.24) is 28.2 Å². The van der Waals surface area contributed by atoms with Gasteiger partial charge in [0.2, 0.25) is 0 Å². The first-order valence-electron chi connectivity index (χ1n) is 12.3. The first kappa shape index (κ1) is 27.9. The van der Waals surface area contributed by atoms with E-state index in [1.54, 1.807) is 56.6 Å². The van der Waals surface area contributed by atoms with Crippen LogP contribution in [-0.4, -0.2) is 46.5 Å². The molecule has 0 radical (unpaired) electrons. The van der Waals surface area contributed by atoms with Gasteiger partial charge in [-0.2, -0.15) is 0 Å². The van der Waals surface area contributed by atoms with Crippen LogP contribution in [0.2, 0.25) is 0 Å². The molecule has 7 heterocycles. The molecule has 0 amide bonds. The summed E-state index contributed by atoms with van der Waals surface area (Å²) < 4.78 is 56.2. The second-order valence-corrected chi connectivity index (χ2v) is 10.8. The average Bonchev–Trinajstić information content (AvgIpc) is 3.65. The van der Waals surface area contributed by atoms with E-state index in [1.807, 2.05) is 27.7 Å². The lowest BCUT2D eigenvalue weighted by atomic mass is 9.85. The number of pyridine rings is 3. The van der Waals surface area contributed by atoms with Crippen LogP contribution >= 0.6 is 15.9 Å². The molecule has 1 aliphatic heterocycles. The fourth-order valence-electron chi connectivity index (χ4n) is 3.92. The molecule has 40 heavy (non-hydrogen) atoms. The van der Waals surface area contributed by atoms with Crippen molar-refractivity contribution in [3.63, 3.8) is 0 Å². The van der Waals surface area contributed by atoms with Gasteiger partial charge in [0.1, 0.15) is 39.0 Å². The molecule has 6 aromatic heterocycles. The highest BCUT2D eigenvalue weighted by molar-refractivity contribution is 9.10. The van der Waals surface area contributed by atoms with E-state index in [9.17, 15) is 13.2 Å². The summed E-state index contributed by atoms with van der Waals surface area (Å²) in [7, 11) is -0.495. The van der Waals surface area contributed by atoms with Gasteiger partial charge in [0.15, 0.2) is 0 Å². The van der Waals surface area contributed by atoms with Crippen LogP contribution in [0.4, 0.5) is 13.2 Å². The standard InChI is InChI=1S/C13H16BFN2O2.C7H4BrFN2.C7H5FN2/c1-12(2)13(3,4)19-14(18-12)10-8-16-11-7-9(15)5-6-17(10)11;8-6-4-10-7-3-5(9)1-2-11(6)7;8-6-1-3-10-4-2-9-7(10)5-6/h5-8H,1-4H3;1-4H;1-5H. The number of hydrogen-bond acceptors (Lipinski definition) is 5. The summed E-state index contributed by atoms with van der Waals surface area (Å²) in [5, 5.41) is 0. The fraction of sp³-hybridized carbons (Fsp3) is 0.222. The Bertz CT molecular complexity index is 1790. The molecular weight excluding hydrogens is 588 g/mol. The lowest BCUT2D eigenvalue weighted by Gasteiger charge is -2.32. The third-order valence-electron chi connectivity index (χ3n) is 6.79. The Morgan fingerprint density at radius 1 is 0.700 bits per heavy atom. The van der Waals surface area contributed by atoms with Gasteiger partial charge in [-0.1, -0.05) is 0 Å². The molecule has 0 spiro atoms. The van der Waals surface area contributed by atoms with E-state index in [1.165, 1.54) is 36.4 Å². The number of aromatic nitrogens is 6. The zero-order valence-corrected chi connectivity index (χ0v) is 23.7. The lowest BCUT2D eigenvalue weighted by molar-refractivity contribution is 0.00578. The molecule has 0 unspecified atom stereocenters. The molecule has 206 valence electrons. The molecule has 1 fully saturated rings. The maximum Gasteiger partial charge on any atom is 0.514 e. The smallest absolute Gasteiger partial charge is 0.398 e. The number of nitrogens with zero attached hydrogens (tertiary/aromatic N) is 6. The topological polar surface area (TPSA) is 70.4 Å². The Kier molecular flexibility index (Phi) is 7.47. The molecule has 0 bridgehead atoms. The van der Waals surface area contributed by atoms with Crippen LogP contribution in [0.25, 0.3) is 16.9 Å². The van der Waals surface area contributed by atoms with Crippen molar-refractivity contribution < 1.29 is 22.5 Å². The second-order valence-electron chi connectivity index (χ2n) is 10.0. The number of fused-ring (bicyclic) bond motifs is 3. The molecule has 0 saturated carbocycles. The number of imidazole rings is 3. The Hall–Kier alpha value is -3.68. The van der Waals surface area contributed by atoms with Crippen LogP contribution in [0.15, 0.2) is 84.4 Å². The summed E-state index contributed by atoms with van der Waals surface area (Å²) >= 11 is 3.27. The third-order valence-corrected chi connectivity index (χ3v) is 7.38. The zero-order valence-electron chi connectivity index (χ0n) is 22.1. The Labute approximate surface area is 236 Å². The maximum atomic E-state index is 13.2. The quantitative estimate of drug-likeness (QED) is 0.230. The van der Waals surface area contributed by atoms with Gasteiger partial charge in [0.25, 0.3) is 0 Å². The van der Waals surface area contributed by atoms with Gasteiger partial charge >= 0.3 is 7.12 Å². The van der Waals surface area contributed by atoms with E-state index in [0.717, 1.165) is 10.2 Å². The minimum absolute atomic E-state index is 0.251. The maximum absolute atomic E-state index is 13.2. The molecule has 0 aromatic carbocycles. The Balaban J connectivity index is 0.000000131. The molecule has 1 aliphatic rings. The number of rotatable bonds is 1. The van der Waals surface area contributed by atoms with Crippen LogP contribution in [-0.2, 0) is 9.31 Å². The van der Waals surface area contributed by atoms with Gasteiger partial charge in [0, 0.05) is 55.4 Å². The molecule has 0 atom stereocenters. The molecule has 0 N–H and O–H groups in total. The summed E-state index contributed by atoms with van der Waals surface area (Å²) in [6.45, 7) is 7.98. The van der Waals surface area contributed by atoms with Gasteiger partial charge in [0.05, 0.1) is 23.0 Å². The summed E-state index contributed by atoms with van der Waals surface area (Å²) in [5.41, 5.74) is 1.76. The molecular formula is C27H25BBrF3N6O2. The first-order valence-corrected chi connectivity index (χ1v) is 13.1. The van der Waals surface area contributed by atoms with E-state index in [2.05, 4.69) is 30.9 Å². The minimum Gasteiger partial charge on any atom is -0.398 e. The van der Waals surface area contributed by atoms with Gasteiger partial charge in [-0.15, -0.1) is 0 Å². The predicted molar refractivity (Wildman–Crippen MR) is 149 cm³/mol. The van der Waals surface area contributed by atoms with E-state index >= 15 is 0 Å². The van der Waals surface area contributed by atoms with Crippen LogP contribution in [0.5, 0.6) is 0 Å². The number of hydrogen-bond donors (Lipinski definition) is 0. The highest BCUT2D eigenvalue weighted by Gasteiger charge is 2.52. The molecule has 8 nitrogen and oxygen atoms in total. The van der Waals surface area contributed by atoms with Crippen LogP contribution in [0.3, 0.4) is 0 Å². The summed E-state index contributed by atoms with van der Waals surface area (Å²) in [6.07, 6.45) is 11.6. The van der Waals surface area contributed by atoms with E-state index in [0.29, 0.717) is 16.9 Å². The molecule has 0 aliphatic carbocycles. The molecule has 1 saturated heterocycles. The van der Waals surface area contributed by atoms with Crippen LogP contribution in [0.1, 0.15) is 27.7 Å². The predicted octanol–water partition coefficient (Wildman–Crippen LogP) is 5.48. The molecule has 13 heteroatoms. The third kappa shape index (κ3) is 5.62. The van der Waals surface area contributed by atoms with Crippen LogP contribution in [0, 0.1) is 17.5 Å². The lowest BCUT2D eigenvalue weighted by Crippen LogP contribution is -2.41. The summed E-state index contributed by atoms with van der Waals surface area (Å²) in [4.78, 5) is 12.0. The van der Waals surface area contributed by atoms with Crippen molar-refractivity contribution >= 4 is 45.6 Å². The van der Waals surface area contributed by atoms with Crippen molar-refractivity contribution in [3.05, 3.63) is 102 Å². The summed E-state index contributed by atoms with van der Waals surface area (Å²) in [5.74, 6) is -0.826. The largest absolute Gasteiger partial charge is 0.514 e. The number of halogens is 4. The van der Waals surface area contributed by atoms with Gasteiger partial charge in [-0.3, -0.25) is 4.40 Å². The second kappa shape index (κ2) is 10.7. The Morgan fingerprint density at radius 2 is 1.23 bits per heavy atom. The van der Waals surface area contributed by atoms with Crippen molar-refractivity contribution in [2.24, 2.45) is 0 Å². The molecule has 7 rings (SSSR count). The highest BCUT2D eigenvalue weighted by Crippen LogP contribution is 2.36. The SMILES string of the molecule is CC1(C)OB(c2cnc3cc(F)ccn23)OC1(C)C.Fc1ccn2c(Br)cnc2c1.Fc1ccn2ccnc2c1. The van der Waals surface area contributed by atoms with Crippen molar-refractivity contribution in [1.29, 1.82) is 0 Å². The van der Waals surface area contributed by atoms with Gasteiger partial charge in [-0.25, -0.2) is 28.1 Å². The average molecular weight is 613 g/mol. The molecule has 6 aromatic rings. The normalized spacial score (nSPS) is 15.7. The fourth-order valence-corrected chi connectivity index (χ4v) is 4.33. The van der Waals surface area contributed by atoms with E-state index in [-0.39, 0.29) is 17.5 Å². The minimum atomic E-state index is -0.495. The van der Waals surface area contributed by atoms with Crippen molar-refractivity contribution in [2.75, 3.05) is 0 Å².